The lowest BCUT2D eigenvalue weighted by molar-refractivity contribution is -0.133. The standard InChI is InChI=1S/C22H30N4O5/c1-15(2)26-12-18(30-14-21-23-16(3)31-24-21)11-25(13-22(26)28)9-5-6-17-7-8-19(27)20(10-17)29-4/h5-8,10,15,18,27H,9,11-14H2,1-4H3/b6-5+/t18-/m0/s1. The van der Waals surface area contributed by atoms with Crippen molar-refractivity contribution in [3.05, 3.63) is 41.6 Å². The third-order valence-electron chi connectivity index (χ3n) is 5.06. The zero-order valence-electron chi connectivity index (χ0n) is 18.4. The van der Waals surface area contributed by atoms with Gasteiger partial charge >= 0.3 is 0 Å². The molecule has 9 heteroatoms. The fourth-order valence-electron chi connectivity index (χ4n) is 3.48. The Labute approximate surface area is 182 Å². The summed E-state index contributed by atoms with van der Waals surface area (Å²) in [4.78, 5) is 20.8. The third kappa shape index (κ3) is 6.28. The fraction of sp³-hybridized carbons (Fsp3) is 0.500. The molecule has 31 heavy (non-hydrogen) atoms. The van der Waals surface area contributed by atoms with Crippen molar-refractivity contribution in [2.45, 2.75) is 39.5 Å². The van der Waals surface area contributed by atoms with E-state index in [0.29, 0.717) is 43.6 Å². The number of amides is 1. The van der Waals surface area contributed by atoms with Crippen LogP contribution >= 0.6 is 0 Å². The number of methoxy groups -OCH3 is 1. The van der Waals surface area contributed by atoms with Gasteiger partial charge in [-0.25, -0.2) is 0 Å². The second-order valence-electron chi connectivity index (χ2n) is 7.83. The highest BCUT2D eigenvalue weighted by Crippen LogP contribution is 2.26. The van der Waals surface area contributed by atoms with Crippen molar-refractivity contribution in [3.8, 4) is 11.5 Å². The van der Waals surface area contributed by atoms with Crippen LogP contribution in [0.3, 0.4) is 0 Å². The molecule has 1 saturated heterocycles. The Morgan fingerprint density at radius 1 is 1.35 bits per heavy atom. The van der Waals surface area contributed by atoms with Crippen LogP contribution in [0.2, 0.25) is 0 Å². The van der Waals surface area contributed by atoms with E-state index in [4.69, 9.17) is 14.0 Å². The SMILES string of the molecule is COc1cc(/C=C/CN2CC(=O)N(C(C)C)C[C@@H](OCc3noc(C)n3)C2)ccc1O. The maximum Gasteiger partial charge on any atom is 0.237 e. The number of rotatable bonds is 8. The van der Waals surface area contributed by atoms with E-state index in [1.165, 1.54) is 7.11 Å². The largest absolute Gasteiger partial charge is 0.504 e. The number of hydrogen-bond donors (Lipinski definition) is 1. The Bertz CT molecular complexity index is 911. The number of phenolic OH excluding ortho intramolecular Hbond substituents is 1. The number of aryl methyl sites for hydroxylation is 1. The van der Waals surface area contributed by atoms with Crippen LogP contribution in [-0.2, 0) is 16.1 Å². The number of benzene rings is 1. The molecule has 1 atom stereocenters. The Balaban J connectivity index is 1.65. The highest BCUT2D eigenvalue weighted by atomic mass is 16.5. The number of hydrogen-bond acceptors (Lipinski definition) is 8. The molecule has 1 aliphatic heterocycles. The van der Waals surface area contributed by atoms with Gasteiger partial charge in [-0.3, -0.25) is 9.69 Å². The second-order valence-corrected chi connectivity index (χ2v) is 7.83. The van der Waals surface area contributed by atoms with Gasteiger partial charge in [0.1, 0.15) is 6.61 Å². The zero-order chi connectivity index (χ0) is 22.4. The van der Waals surface area contributed by atoms with Gasteiger partial charge < -0.3 is 24.0 Å². The molecule has 0 aliphatic carbocycles. The smallest absolute Gasteiger partial charge is 0.237 e. The van der Waals surface area contributed by atoms with Gasteiger partial charge in [0.25, 0.3) is 0 Å². The predicted molar refractivity (Wildman–Crippen MR) is 115 cm³/mol. The number of phenols is 1. The molecule has 0 saturated carbocycles. The molecule has 1 fully saturated rings. The Hall–Kier alpha value is -2.91. The lowest BCUT2D eigenvalue weighted by atomic mass is 10.2. The van der Waals surface area contributed by atoms with E-state index in [-0.39, 0.29) is 30.4 Å². The summed E-state index contributed by atoms with van der Waals surface area (Å²) in [7, 11) is 1.52. The van der Waals surface area contributed by atoms with E-state index in [1.807, 2.05) is 30.9 Å². The maximum absolute atomic E-state index is 12.8. The molecular weight excluding hydrogens is 400 g/mol. The van der Waals surface area contributed by atoms with Gasteiger partial charge in [-0.15, -0.1) is 0 Å². The molecule has 0 bridgehead atoms. The van der Waals surface area contributed by atoms with Crippen molar-refractivity contribution in [1.29, 1.82) is 0 Å². The molecule has 2 aromatic rings. The number of ether oxygens (including phenoxy) is 2. The Morgan fingerprint density at radius 3 is 2.84 bits per heavy atom. The third-order valence-corrected chi connectivity index (χ3v) is 5.06. The summed E-state index contributed by atoms with van der Waals surface area (Å²) < 4.78 is 16.2. The molecule has 1 amide bonds. The van der Waals surface area contributed by atoms with E-state index in [2.05, 4.69) is 15.0 Å². The summed E-state index contributed by atoms with van der Waals surface area (Å²) in [6, 6.07) is 5.25. The van der Waals surface area contributed by atoms with E-state index >= 15 is 0 Å². The summed E-state index contributed by atoms with van der Waals surface area (Å²) in [5.41, 5.74) is 0.903. The summed E-state index contributed by atoms with van der Waals surface area (Å²) >= 11 is 0. The van der Waals surface area contributed by atoms with Crippen molar-refractivity contribution in [2.75, 3.05) is 33.3 Å². The molecule has 0 radical (unpaired) electrons. The molecule has 0 unspecified atom stereocenters. The number of aromatic nitrogens is 2. The van der Waals surface area contributed by atoms with Gasteiger partial charge in [0.05, 0.1) is 19.8 Å². The van der Waals surface area contributed by atoms with Crippen LogP contribution in [0.15, 0.2) is 28.8 Å². The van der Waals surface area contributed by atoms with Crippen molar-refractivity contribution >= 4 is 12.0 Å². The minimum Gasteiger partial charge on any atom is -0.504 e. The molecular formula is C22H30N4O5. The first kappa shape index (κ1) is 22.8. The first-order valence-corrected chi connectivity index (χ1v) is 10.3. The number of aromatic hydroxyl groups is 1. The van der Waals surface area contributed by atoms with E-state index < -0.39 is 0 Å². The molecule has 168 valence electrons. The van der Waals surface area contributed by atoms with Crippen molar-refractivity contribution in [2.24, 2.45) is 0 Å². The molecule has 1 aromatic carbocycles. The van der Waals surface area contributed by atoms with Crippen molar-refractivity contribution in [3.63, 3.8) is 0 Å². The van der Waals surface area contributed by atoms with Crippen LogP contribution in [0.1, 0.15) is 31.1 Å². The van der Waals surface area contributed by atoms with Gasteiger partial charge in [0.2, 0.25) is 11.8 Å². The van der Waals surface area contributed by atoms with Crippen LogP contribution in [0.4, 0.5) is 0 Å². The van der Waals surface area contributed by atoms with E-state index in [0.717, 1.165) is 5.56 Å². The van der Waals surface area contributed by atoms with Crippen LogP contribution in [0.25, 0.3) is 6.08 Å². The van der Waals surface area contributed by atoms with Gasteiger partial charge in [0.15, 0.2) is 17.3 Å². The molecule has 3 rings (SSSR count). The van der Waals surface area contributed by atoms with Crippen molar-refractivity contribution < 1.29 is 23.9 Å². The first-order chi connectivity index (χ1) is 14.9. The minimum absolute atomic E-state index is 0.0798. The van der Waals surface area contributed by atoms with Gasteiger partial charge in [-0.05, 0) is 31.5 Å². The van der Waals surface area contributed by atoms with Gasteiger partial charge in [-0.2, -0.15) is 4.98 Å². The number of carbonyl (C=O) groups excluding carboxylic acids is 1. The van der Waals surface area contributed by atoms with Crippen LogP contribution in [0, 0.1) is 6.92 Å². The van der Waals surface area contributed by atoms with Crippen LogP contribution in [0.5, 0.6) is 11.5 Å². The van der Waals surface area contributed by atoms with E-state index in [9.17, 15) is 9.90 Å². The zero-order valence-corrected chi connectivity index (χ0v) is 18.4. The van der Waals surface area contributed by atoms with Gasteiger partial charge in [0, 0.05) is 32.6 Å². The Morgan fingerprint density at radius 2 is 2.16 bits per heavy atom. The molecule has 1 aromatic heterocycles. The summed E-state index contributed by atoms with van der Waals surface area (Å²) in [5, 5.41) is 13.6. The molecule has 9 nitrogen and oxygen atoms in total. The average molecular weight is 431 g/mol. The van der Waals surface area contributed by atoms with Crippen LogP contribution < -0.4 is 4.74 Å². The lowest BCUT2D eigenvalue weighted by Gasteiger charge is -2.27. The molecule has 1 N–H and O–H groups in total. The minimum atomic E-state index is -0.171. The predicted octanol–water partition coefficient (Wildman–Crippen LogP) is 2.24. The quantitative estimate of drug-likeness (QED) is 0.681. The monoisotopic (exact) mass is 430 g/mol. The highest BCUT2D eigenvalue weighted by molar-refractivity contribution is 5.79. The highest BCUT2D eigenvalue weighted by Gasteiger charge is 2.29. The normalized spacial score (nSPS) is 18.2. The van der Waals surface area contributed by atoms with Crippen LogP contribution in [-0.4, -0.2) is 76.4 Å². The molecule has 1 aliphatic rings. The first-order valence-electron chi connectivity index (χ1n) is 10.3. The number of carbonyl (C=O) groups is 1. The lowest BCUT2D eigenvalue weighted by Crippen LogP contribution is -2.42. The summed E-state index contributed by atoms with van der Waals surface area (Å²) in [6.45, 7) is 8.01. The summed E-state index contributed by atoms with van der Waals surface area (Å²) in [5.74, 6) is 1.59. The van der Waals surface area contributed by atoms with Crippen molar-refractivity contribution in [1.82, 2.24) is 19.9 Å². The summed E-state index contributed by atoms with van der Waals surface area (Å²) in [6.07, 6.45) is 3.76. The van der Waals surface area contributed by atoms with Gasteiger partial charge in [-0.1, -0.05) is 23.4 Å². The average Bonchev–Trinajstić information content (AvgIpc) is 3.07. The topological polar surface area (TPSA) is 101 Å². The molecule has 2 heterocycles. The maximum atomic E-state index is 12.8. The van der Waals surface area contributed by atoms with E-state index in [1.54, 1.807) is 25.1 Å². The second kappa shape index (κ2) is 10.4. The Kier molecular flexibility index (Phi) is 7.64. The fourth-order valence-corrected chi connectivity index (χ4v) is 3.48. The number of nitrogens with zero attached hydrogens (tertiary/aromatic N) is 4. The molecule has 0 spiro atoms.